The molecule has 3 aliphatic heterocycles. The molecule has 3 atom stereocenters. The summed E-state index contributed by atoms with van der Waals surface area (Å²) in [6, 6.07) is 5.93. The van der Waals surface area contributed by atoms with Crippen molar-refractivity contribution < 1.29 is 9.84 Å². The van der Waals surface area contributed by atoms with E-state index in [9.17, 15) is 5.11 Å². The molecule has 0 radical (unpaired) electrons. The first-order chi connectivity index (χ1) is 18.0. The first-order valence-electron chi connectivity index (χ1n) is 12.9. The number of fused-ring (bicyclic) bond motifs is 1. The Kier molecular flexibility index (Phi) is 6.87. The van der Waals surface area contributed by atoms with Crippen molar-refractivity contribution in [2.24, 2.45) is 17.1 Å². The van der Waals surface area contributed by atoms with Crippen LogP contribution in [0.15, 0.2) is 40.5 Å². The lowest BCUT2D eigenvalue weighted by molar-refractivity contribution is 0.0974. The molecule has 0 bridgehead atoms. The van der Waals surface area contributed by atoms with Crippen LogP contribution in [0.2, 0.25) is 5.02 Å². The summed E-state index contributed by atoms with van der Waals surface area (Å²) in [5, 5.41) is 10.9. The van der Waals surface area contributed by atoms with Crippen LogP contribution in [0.4, 0.5) is 11.6 Å². The first kappa shape index (κ1) is 25.1. The van der Waals surface area contributed by atoms with Crippen molar-refractivity contribution in [3.63, 3.8) is 0 Å². The molecule has 9 nitrogen and oxygen atoms in total. The summed E-state index contributed by atoms with van der Waals surface area (Å²) < 4.78 is 5.85. The minimum atomic E-state index is 0.0806. The van der Waals surface area contributed by atoms with E-state index in [0.717, 1.165) is 79.1 Å². The number of rotatable bonds is 5. The maximum absolute atomic E-state index is 9.47. The molecule has 1 spiro atoms. The summed E-state index contributed by atoms with van der Waals surface area (Å²) in [5.41, 5.74) is 7.93. The summed E-state index contributed by atoms with van der Waals surface area (Å²) in [6.07, 6.45) is 6.66. The van der Waals surface area contributed by atoms with Gasteiger partial charge in [0.25, 0.3) is 0 Å². The van der Waals surface area contributed by atoms with Gasteiger partial charge in [-0.25, -0.2) is 19.9 Å². The summed E-state index contributed by atoms with van der Waals surface area (Å²) in [6.45, 7) is 6.41. The molecule has 11 heteroatoms. The number of anilines is 2. The molecule has 3 aromatic rings. The van der Waals surface area contributed by atoms with Crippen LogP contribution in [0, 0.1) is 11.3 Å². The second kappa shape index (κ2) is 10.1. The predicted molar refractivity (Wildman–Crippen MR) is 145 cm³/mol. The topological polar surface area (TPSA) is 114 Å². The van der Waals surface area contributed by atoms with Gasteiger partial charge in [-0.15, -0.1) is 0 Å². The molecule has 1 unspecified atom stereocenters. The molecular weight excluding hydrogens is 510 g/mol. The minimum absolute atomic E-state index is 0.0806. The largest absolute Gasteiger partial charge is 0.396 e. The Bertz CT molecular complexity index is 1290. The van der Waals surface area contributed by atoms with Crippen LogP contribution in [-0.4, -0.2) is 76.6 Å². The third-order valence-corrected chi connectivity index (χ3v) is 9.67. The number of aliphatic hydroxyl groups is 1. The van der Waals surface area contributed by atoms with Crippen molar-refractivity contribution in [3.05, 3.63) is 35.6 Å². The molecule has 0 aliphatic carbocycles. The van der Waals surface area contributed by atoms with Crippen LogP contribution >= 0.6 is 23.4 Å². The van der Waals surface area contributed by atoms with Gasteiger partial charge in [0, 0.05) is 61.3 Å². The van der Waals surface area contributed by atoms with Gasteiger partial charge in [-0.3, -0.25) is 0 Å². The average Bonchev–Trinajstić information content (AvgIpc) is 3.51. The van der Waals surface area contributed by atoms with Crippen LogP contribution in [0.25, 0.3) is 11.2 Å². The fourth-order valence-electron chi connectivity index (χ4n) is 5.74. The Morgan fingerprint density at radius 1 is 1.16 bits per heavy atom. The minimum Gasteiger partial charge on any atom is -0.396 e. The summed E-state index contributed by atoms with van der Waals surface area (Å²) in [4.78, 5) is 24.1. The van der Waals surface area contributed by atoms with Crippen molar-refractivity contribution in [2.45, 2.75) is 48.3 Å². The predicted octanol–water partition coefficient (Wildman–Crippen LogP) is 3.38. The molecular formula is C26H32ClN7O2S. The SMILES string of the molecule is C[C@@H]1OCC2(CCN(c3cnc4nc(Sc5ccnc(N6CCC(CO)C6)c5Cl)ccc4n3)CC2)[C@@H]1N. The van der Waals surface area contributed by atoms with E-state index in [-0.39, 0.29) is 30.1 Å². The lowest BCUT2D eigenvalue weighted by atomic mass is 9.73. The first-order valence-corrected chi connectivity index (χ1v) is 14.1. The number of hydrogen-bond acceptors (Lipinski definition) is 10. The molecule has 3 N–H and O–H groups in total. The van der Waals surface area contributed by atoms with Crippen LogP contribution in [0.1, 0.15) is 26.2 Å². The van der Waals surface area contributed by atoms with E-state index in [1.807, 2.05) is 24.4 Å². The number of piperidine rings is 1. The van der Waals surface area contributed by atoms with Gasteiger partial charge >= 0.3 is 0 Å². The molecule has 196 valence electrons. The Morgan fingerprint density at radius 3 is 2.73 bits per heavy atom. The molecule has 6 rings (SSSR count). The van der Waals surface area contributed by atoms with Crippen molar-refractivity contribution in [1.29, 1.82) is 0 Å². The summed E-state index contributed by atoms with van der Waals surface area (Å²) in [7, 11) is 0. The number of ether oxygens (including phenoxy) is 1. The van der Waals surface area contributed by atoms with Gasteiger partial charge in [-0.1, -0.05) is 23.4 Å². The second-order valence-corrected chi connectivity index (χ2v) is 11.9. The van der Waals surface area contributed by atoms with Crippen LogP contribution < -0.4 is 15.5 Å². The number of aliphatic hydroxyl groups excluding tert-OH is 1. The highest BCUT2D eigenvalue weighted by molar-refractivity contribution is 7.99. The van der Waals surface area contributed by atoms with Crippen LogP contribution in [0.3, 0.4) is 0 Å². The van der Waals surface area contributed by atoms with E-state index in [4.69, 9.17) is 32.0 Å². The van der Waals surface area contributed by atoms with E-state index >= 15 is 0 Å². The normalized spacial score (nSPS) is 25.5. The Labute approximate surface area is 225 Å². The quantitative estimate of drug-likeness (QED) is 0.498. The van der Waals surface area contributed by atoms with Gasteiger partial charge < -0.3 is 25.4 Å². The highest BCUT2D eigenvalue weighted by atomic mass is 35.5. The number of pyridine rings is 2. The third-order valence-electron chi connectivity index (χ3n) is 8.19. The molecule has 0 amide bonds. The lowest BCUT2D eigenvalue weighted by Crippen LogP contribution is -2.50. The maximum atomic E-state index is 9.47. The van der Waals surface area contributed by atoms with E-state index in [0.29, 0.717) is 10.7 Å². The number of aromatic nitrogens is 4. The van der Waals surface area contributed by atoms with Gasteiger partial charge in [0.1, 0.15) is 22.2 Å². The Hall–Kier alpha value is -2.24. The zero-order valence-corrected chi connectivity index (χ0v) is 22.5. The molecule has 3 aliphatic rings. The second-order valence-electron chi connectivity index (χ2n) is 10.4. The summed E-state index contributed by atoms with van der Waals surface area (Å²) >= 11 is 8.24. The Morgan fingerprint density at radius 2 is 2.00 bits per heavy atom. The average molecular weight is 542 g/mol. The van der Waals surface area contributed by atoms with E-state index < -0.39 is 0 Å². The fraction of sp³-hybridized carbons (Fsp3) is 0.538. The molecule has 6 heterocycles. The van der Waals surface area contributed by atoms with Gasteiger partial charge in [0.05, 0.1) is 23.9 Å². The van der Waals surface area contributed by atoms with E-state index in [2.05, 4.69) is 26.7 Å². The van der Waals surface area contributed by atoms with Crippen molar-refractivity contribution >= 4 is 46.2 Å². The molecule has 0 aromatic carbocycles. The van der Waals surface area contributed by atoms with Crippen molar-refractivity contribution in [2.75, 3.05) is 49.2 Å². The third kappa shape index (κ3) is 4.74. The van der Waals surface area contributed by atoms with Crippen LogP contribution in [-0.2, 0) is 4.74 Å². The molecule has 3 fully saturated rings. The smallest absolute Gasteiger partial charge is 0.179 e. The zero-order chi connectivity index (χ0) is 25.6. The van der Waals surface area contributed by atoms with E-state index in [1.54, 1.807) is 6.20 Å². The summed E-state index contributed by atoms with van der Waals surface area (Å²) in [5.74, 6) is 1.90. The maximum Gasteiger partial charge on any atom is 0.179 e. The highest BCUT2D eigenvalue weighted by Gasteiger charge is 2.47. The van der Waals surface area contributed by atoms with Gasteiger partial charge in [-0.2, -0.15) is 0 Å². The molecule has 3 aromatic heterocycles. The molecule has 0 saturated carbocycles. The number of nitrogens with zero attached hydrogens (tertiary/aromatic N) is 6. The number of halogens is 1. The van der Waals surface area contributed by atoms with Gasteiger partial charge in [0.15, 0.2) is 5.65 Å². The molecule has 37 heavy (non-hydrogen) atoms. The molecule has 3 saturated heterocycles. The van der Waals surface area contributed by atoms with Crippen molar-refractivity contribution in [3.8, 4) is 0 Å². The number of nitrogens with two attached hydrogens (primary N) is 1. The fourth-order valence-corrected chi connectivity index (χ4v) is 6.89. The van der Waals surface area contributed by atoms with E-state index in [1.165, 1.54) is 11.8 Å². The number of hydrogen-bond donors (Lipinski definition) is 2. The van der Waals surface area contributed by atoms with Crippen molar-refractivity contribution in [1.82, 2.24) is 19.9 Å². The monoisotopic (exact) mass is 541 g/mol. The standard InChI is InChI=1S/C26H32ClN7O2S/c1-16-23(28)26(15-36-16)6-10-33(11-7-26)20-12-30-24-18(31-20)2-3-21(32-24)37-19-4-8-29-25(22(19)27)34-9-5-17(13-34)14-35/h2-4,8,12,16-17,23,35H,5-7,9-11,13-15,28H2,1H3/t16-,17?,23+/m0/s1. The zero-order valence-electron chi connectivity index (χ0n) is 20.9. The lowest BCUT2D eigenvalue weighted by Gasteiger charge is -2.41. The van der Waals surface area contributed by atoms with Gasteiger partial charge in [-0.05, 0) is 44.4 Å². The highest BCUT2D eigenvalue weighted by Crippen LogP contribution is 2.42. The Balaban J connectivity index is 1.16. The van der Waals surface area contributed by atoms with Gasteiger partial charge in [0.2, 0.25) is 0 Å². The van der Waals surface area contributed by atoms with Crippen LogP contribution in [0.5, 0.6) is 0 Å².